The van der Waals surface area contributed by atoms with Gasteiger partial charge in [-0.15, -0.1) is 11.8 Å². The number of benzene rings is 2. The van der Waals surface area contributed by atoms with Gasteiger partial charge in [0.05, 0.1) is 24.9 Å². The number of nitrogens with one attached hydrogen (secondary N) is 1. The third-order valence-corrected chi connectivity index (χ3v) is 4.81. The molecule has 8 heteroatoms. The van der Waals surface area contributed by atoms with Crippen LogP contribution in [0.4, 0.5) is 5.69 Å². The second kappa shape index (κ2) is 10.4. The Kier molecular flexibility index (Phi) is 7.94. The lowest BCUT2D eigenvalue weighted by atomic mass is 10.1. The van der Waals surface area contributed by atoms with Crippen molar-refractivity contribution in [3.05, 3.63) is 63.7 Å². The highest BCUT2D eigenvalue weighted by Crippen LogP contribution is 2.27. The molecule has 144 valence electrons. The van der Waals surface area contributed by atoms with Crippen molar-refractivity contribution in [2.45, 2.75) is 12.2 Å². The summed E-state index contributed by atoms with van der Waals surface area (Å²) in [6.07, 6.45) is 0.682. The molecule has 0 spiro atoms. The molecule has 27 heavy (non-hydrogen) atoms. The number of methoxy groups -OCH3 is 2. The Morgan fingerprint density at radius 1 is 1.11 bits per heavy atom. The Hall–Kier alpha value is -2.74. The number of nitro benzene ring substituents is 1. The van der Waals surface area contributed by atoms with Gasteiger partial charge < -0.3 is 14.8 Å². The van der Waals surface area contributed by atoms with Crippen LogP contribution in [0.5, 0.6) is 11.5 Å². The zero-order chi connectivity index (χ0) is 19.6. The van der Waals surface area contributed by atoms with Crippen LogP contribution in [-0.4, -0.2) is 37.3 Å². The largest absolute Gasteiger partial charge is 0.493 e. The zero-order valence-electron chi connectivity index (χ0n) is 15.3. The quantitative estimate of drug-likeness (QED) is 0.495. The molecule has 0 unspecified atom stereocenters. The molecule has 0 fully saturated rings. The number of rotatable bonds is 10. The highest BCUT2D eigenvalue weighted by molar-refractivity contribution is 7.99. The van der Waals surface area contributed by atoms with Gasteiger partial charge in [-0.05, 0) is 29.7 Å². The van der Waals surface area contributed by atoms with Gasteiger partial charge in [-0.25, -0.2) is 0 Å². The van der Waals surface area contributed by atoms with E-state index >= 15 is 0 Å². The lowest BCUT2D eigenvalue weighted by Crippen LogP contribution is -2.27. The number of hydrogen-bond acceptors (Lipinski definition) is 6. The monoisotopic (exact) mass is 390 g/mol. The fourth-order valence-electron chi connectivity index (χ4n) is 2.45. The molecule has 2 aromatic carbocycles. The number of non-ortho nitro benzene ring substituents is 1. The maximum Gasteiger partial charge on any atom is 0.269 e. The number of hydrogen-bond donors (Lipinski definition) is 1. The van der Waals surface area contributed by atoms with Crippen molar-refractivity contribution < 1.29 is 19.2 Å². The average Bonchev–Trinajstić information content (AvgIpc) is 2.68. The average molecular weight is 390 g/mol. The van der Waals surface area contributed by atoms with E-state index in [9.17, 15) is 14.9 Å². The molecule has 1 N–H and O–H groups in total. The van der Waals surface area contributed by atoms with E-state index in [2.05, 4.69) is 5.32 Å². The Morgan fingerprint density at radius 3 is 2.59 bits per heavy atom. The van der Waals surface area contributed by atoms with Gasteiger partial charge in [-0.2, -0.15) is 0 Å². The Balaban J connectivity index is 1.72. The smallest absolute Gasteiger partial charge is 0.269 e. The van der Waals surface area contributed by atoms with Crippen LogP contribution in [0.25, 0.3) is 0 Å². The molecule has 0 atom stereocenters. The number of carbonyl (C=O) groups excluding carboxylic acids is 1. The van der Waals surface area contributed by atoms with E-state index in [1.807, 2.05) is 24.3 Å². The topological polar surface area (TPSA) is 90.7 Å². The van der Waals surface area contributed by atoms with Crippen molar-refractivity contribution in [2.75, 3.05) is 26.5 Å². The summed E-state index contributed by atoms with van der Waals surface area (Å²) in [6.45, 7) is 0.520. The summed E-state index contributed by atoms with van der Waals surface area (Å²) in [5, 5.41) is 13.6. The molecule has 0 aliphatic rings. The van der Waals surface area contributed by atoms with Crippen molar-refractivity contribution in [3.63, 3.8) is 0 Å². The molecule has 0 radical (unpaired) electrons. The van der Waals surface area contributed by atoms with Crippen molar-refractivity contribution in [3.8, 4) is 11.5 Å². The van der Waals surface area contributed by atoms with Crippen molar-refractivity contribution >= 4 is 23.4 Å². The van der Waals surface area contributed by atoms with Gasteiger partial charge in [0, 0.05) is 24.4 Å². The van der Waals surface area contributed by atoms with Crippen LogP contribution in [0.1, 0.15) is 11.1 Å². The first kappa shape index (κ1) is 20.6. The van der Waals surface area contributed by atoms with Crippen LogP contribution in [0.15, 0.2) is 42.5 Å². The van der Waals surface area contributed by atoms with Crippen LogP contribution in [0, 0.1) is 10.1 Å². The maximum absolute atomic E-state index is 11.9. The predicted molar refractivity (Wildman–Crippen MR) is 106 cm³/mol. The Morgan fingerprint density at radius 2 is 1.89 bits per heavy atom. The number of thioether (sulfide) groups is 1. The first-order valence-electron chi connectivity index (χ1n) is 8.32. The SMILES string of the molecule is COc1ccc(CCNC(=O)CSCc2cccc([N+](=O)[O-])c2)cc1OC. The molecule has 0 aliphatic carbocycles. The van der Waals surface area contributed by atoms with Gasteiger partial charge in [-0.3, -0.25) is 14.9 Å². The van der Waals surface area contributed by atoms with Crippen molar-refractivity contribution in [2.24, 2.45) is 0 Å². The first-order valence-corrected chi connectivity index (χ1v) is 9.47. The normalized spacial score (nSPS) is 10.3. The summed E-state index contributed by atoms with van der Waals surface area (Å²) >= 11 is 1.42. The fraction of sp³-hybridized carbons (Fsp3) is 0.316. The third kappa shape index (κ3) is 6.49. The van der Waals surface area contributed by atoms with Gasteiger partial charge in [-0.1, -0.05) is 18.2 Å². The van der Waals surface area contributed by atoms with Crippen LogP contribution in [0.3, 0.4) is 0 Å². The van der Waals surface area contributed by atoms with Gasteiger partial charge in [0.1, 0.15) is 0 Å². The number of carbonyl (C=O) groups is 1. The summed E-state index contributed by atoms with van der Waals surface area (Å²) in [5.41, 5.74) is 1.93. The molecule has 1 amide bonds. The van der Waals surface area contributed by atoms with Gasteiger partial charge >= 0.3 is 0 Å². The summed E-state index contributed by atoms with van der Waals surface area (Å²) in [5.74, 6) is 2.11. The second-order valence-corrected chi connectivity index (χ2v) is 6.69. The van der Waals surface area contributed by atoms with Crippen LogP contribution in [-0.2, 0) is 17.0 Å². The minimum Gasteiger partial charge on any atom is -0.493 e. The van der Waals surface area contributed by atoms with Gasteiger partial charge in [0.25, 0.3) is 5.69 Å². The van der Waals surface area contributed by atoms with E-state index in [4.69, 9.17) is 9.47 Å². The molecule has 0 bridgehead atoms. The molecule has 7 nitrogen and oxygen atoms in total. The van der Waals surface area contributed by atoms with Crippen molar-refractivity contribution in [1.82, 2.24) is 5.32 Å². The molecule has 2 rings (SSSR count). The third-order valence-electron chi connectivity index (χ3n) is 3.81. The summed E-state index contributed by atoms with van der Waals surface area (Å²) in [7, 11) is 3.17. The molecule has 2 aromatic rings. The highest BCUT2D eigenvalue weighted by Gasteiger charge is 2.08. The molecule has 0 saturated carbocycles. The lowest BCUT2D eigenvalue weighted by Gasteiger charge is -2.10. The standard InChI is InChI=1S/C19H22N2O5S/c1-25-17-7-6-14(11-18(17)26-2)8-9-20-19(22)13-27-12-15-4-3-5-16(10-15)21(23)24/h3-7,10-11H,8-9,12-13H2,1-2H3,(H,20,22). The first-order chi connectivity index (χ1) is 13.0. The van der Waals surface area contributed by atoms with Gasteiger partial charge in [0.2, 0.25) is 5.91 Å². The Labute approximate surface area is 162 Å². The lowest BCUT2D eigenvalue weighted by molar-refractivity contribution is -0.384. The van der Waals surface area contributed by atoms with E-state index < -0.39 is 4.92 Å². The fourth-order valence-corrected chi connectivity index (χ4v) is 3.26. The van der Waals surface area contributed by atoms with Crippen molar-refractivity contribution in [1.29, 1.82) is 0 Å². The maximum atomic E-state index is 11.9. The van der Waals surface area contributed by atoms with E-state index in [0.29, 0.717) is 36.0 Å². The van der Waals surface area contributed by atoms with Crippen LogP contribution in [0.2, 0.25) is 0 Å². The molecular weight excluding hydrogens is 368 g/mol. The summed E-state index contributed by atoms with van der Waals surface area (Å²) < 4.78 is 10.5. The number of nitrogens with zero attached hydrogens (tertiary/aromatic N) is 1. The minimum atomic E-state index is -0.422. The molecule has 0 saturated heterocycles. The van der Waals surface area contributed by atoms with Crippen LogP contribution >= 0.6 is 11.8 Å². The number of ether oxygens (including phenoxy) is 2. The molecule has 0 heterocycles. The minimum absolute atomic E-state index is 0.0625. The predicted octanol–water partition coefficient (Wildman–Crippen LogP) is 3.20. The van der Waals surface area contributed by atoms with E-state index in [-0.39, 0.29) is 11.6 Å². The second-order valence-electron chi connectivity index (χ2n) is 5.71. The molecule has 0 aliphatic heterocycles. The Bertz CT molecular complexity index is 797. The highest BCUT2D eigenvalue weighted by atomic mass is 32.2. The van der Waals surface area contributed by atoms with E-state index in [1.165, 1.54) is 23.9 Å². The molecular formula is C19H22N2O5S. The van der Waals surface area contributed by atoms with E-state index in [1.54, 1.807) is 20.3 Å². The zero-order valence-corrected chi connectivity index (χ0v) is 16.1. The summed E-state index contributed by atoms with van der Waals surface area (Å²) in [6, 6.07) is 12.1. The van der Waals surface area contributed by atoms with E-state index in [0.717, 1.165) is 11.1 Å². The number of amides is 1. The number of nitro groups is 1. The van der Waals surface area contributed by atoms with Gasteiger partial charge in [0.15, 0.2) is 11.5 Å². The summed E-state index contributed by atoms with van der Waals surface area (Å²) in [4.78, 5) is 22.3. The van der Waals surface area contributed by atoms with Crippen LogP contribution < -0.4 is 14.8 Å². The molecule has 0 aromatic heterocycles.